The van der Waals surface area contributed by atoms with E-state index in [-0.39, 0.29) is 12.5 Å². The van der Waals surface area contributed by atoms with Gasteiger partial charge in [-0.05, 0) is 30.7 Å². The van der Waals surface area contributed by atoms with Crippen LogP contribution in [0.3, 0.4) is 0 Å². The van der Waals surface area contributed by atoms with Gasteiger partial charge >= 0.3 is 0 Å². The van der Waals surface area contributed by atoms with Gasteiger partial charge in [-0.25, -0.2) is 0 Å². The van der Waals surface area contributed by atoms with E-state index in [4.69, 9.17) is 10.8 Å². The Morgan fingerprint density at radius 2 is 2.00 bits per heavy atom. The second-order valence-electron chi connectivity index (χ2n) is 3.91. The van der Waals surface area contributed by atoms with Crippen molar-refractivity contribution in [2.75, 3.05) is 6.54 Å². The maximum atomic E-state index is 11.3. The van der Waals surface area contributed by atoms with E-state index >= 15 is 0 Å². The van der Waals surface area contributed by atoms with Gasteiger partial charge in [-0.3, -0.25) is 9.59 Å². The fourth-order valence-corrected chi connectivity index (χ4v) is 1.24. The van der Waals surface area contributed by atoms with Gasteiger partial charge in [0.2, 0.25) is 11.8 Å². The third-order valence-corrected chi connectivity index (χ3v) is 2.19. The lowest BCUT2D eigenvalue weighted by molar-refractivity contribution is -0.116. The lowest BCUT2D eigenvalue weighted by atomic mass is 10.1. The number of aliphatic hydroxyl groups excluding tert-OH is 1. The highest BCUT2D eigenvalue weighted by atomic mass is 16.3. The Bertz CT molecular complexity index is 450. The number of benzene rings is 1. The van der Waals surface area contributed by atoms with Gasteiger partial charge in [0, 0.05) is 18.2 Å². The summed E-state index contributed by atoms with van der Waals surface area (Å²) >= 11 is 0. The molecule has 2 amide bonds. The van der Waals surface area contributed by atoms with Crippen LogP contribution in [0.5, 0.6) is 0 Å². The van der Waals surface area contributed by atoms with E-state index in [0.29, 0.717) is 5.56 Å². The highest BCUT2D eigenvalue weighted by molar-refractivity contribution is 5.94. The molecule has 0 saturated carbocycles. The molecule has 0 aliphatic carbocycles. The number of rotatable bonds is 5. The van der Waals surface area contributed by atoms with Crippen LogP contribution >= 0.6 is 0 Å². The molecule has 1 rings (SSSR count). The first-order valence-corrected chi connectivity index (χ1v) is 5.53. The summed E-state index contributed by atoms with van der Waals surface area (Å²) in [6.07, 6.45) is 2.40. The predicted molar refractivity (Wildman–Crippen MR) is 68.7 cm³/mol. The summed E-state index contributed by atoms with van der Waals surface area (Å²) in [5.41, 5.74) is 6.32. The summed E-state index contributed by atoms with van der Waals surface area (Å²) in [5, 5.41) is 11.5. The molecule has 1 aromatic carbocycles. The topological polar surface area (TPSA) is 92.4 Å². The number of aliphatic hydroxyl groups is 1. The third kappa shape index (κ3) is 4.80. The van der Waals surface area contributed by atoms with Crippen LogP contribution in [0.25, 0.3) is 6.08 Å². The Morgan fingerprint density at radius 3 is 2.50 bits per heavy atom. The zero-order valence-electron chi connectivity index (χ0n) is 10.1. The molecular formula is C13H16N2O3. The summed E-state index contributed by atoms with van der Waals surface area (Å²) < 4.78 is 0. The van der Waals surface area contributed by atoms with Crippen LogP contribution in [0.1, 0.15) is 22.8 Å². The minimum absolute atomic E-state index is 0.212. The number of nitrogens with one attached hydrogen (secondary N) is 1. The standard InChI is InChI=1S/C13H16N2O3/c1-9(16)8-15-12(17)7-4-10-2-5-11(6-3-10)13(14)18/h2-7,9,16H,8H2,1H3,(H2,14,18)(H,15,17)/b7-4+. The zero-order chi connectivity index (χ0) is 13.5. The number of hydrogen-bond acceptors (Lipinski definition) is 3. The smallest absolute Gasteiger partial charge is 0.248 e. The molecule has 0 aliphatic heterocycles. The van der Waals surface area contributed by atoms with Crippen molar-refractivity contribution in [3.05, 3.63) is 41.5 Å². The van der Waals surface area contributed by atoms with Gasteiger partial charge in [0.15, 0.2) is 0 Å². The Kier molecular flexibility index (Phi) is 5.07. The van der Waals surface area contributed by atoms with Crippen molar-refractivity contribution < 1.29 is 14.7 Å². The molecule has 4 N–H and O–H groups in total. The third-order valence-electron chi connectivity index (χ3n) is 2.19. The maximum Gasteiger partial charge on any atom is 0.248 e. The molecule has 0 radical (unpaired) electrons. The fraction of sp³-hybridized carbons (Fsp3) is 0.231. The lowest BCUT2D eigenvalue weighted by Crippen LogP contribution is -2.28. The first-order valence-electron chi connectivity index (χ1n) is 5.53. The molecule has 0 aromatic heterocycles. The molecule has 1 unspecified atom stereocenters. The van der Waals surface area contributed by atoms with Gasteiger partial charge in [0.05, 0.1) is 6.10 Å². The van der Waals surface area contributed by atoms with Crippen LogP contribution in [-0.4, -0.2) is 29.6 Å². The van der Waals surface area contributed by atoms with E-state index in [1.165, 1.54) is 6.08 Å². The first-order chi connectivity index (χ1) is 8.49. The quantitative estimate of drug-likeness (QED) is 0.654. The van der Waals surface area contributed by atoms with Gasteiger partial charge in [0.25, 0.3) is 0 Å². The van der Waals surface area contributed by atoms with E-state index < -0.39 is 12.0 Å². The van der Waals surface area contributed by atoms with Crippen molar-refractivity contribution in [2.24, 2.45) is 5.73 Å². The zero-order valence-corrected chi connectivity index (χ0v) is 10.1. The van der Waals surface area contributed by atoms with Crippen LogP contribution in [0.15, 0.2) is 30.3 Å². The van der Waals surface area contributed by atoms with E-state index in [2.05, 4.69) is 5.32 Å². The van der Waals surface area contributed by atoms with Gasteiger partial charge in [-0.2, -0.15) is 0 Å². The van der Waals surface area contributed by atoms with E-state index in [1.807, 2.05) is 0 Å². The van der Waals surface area contributed by atoms with Crippen LogP contribution in [0, 0.1) is 0 Å². The van der Waals surface area contributed by atoms with E-state index in [9.17, 15) is 9.59 Å². The number of hydrogen-bond donors (Lipinski definition) is 3. The largest absolute Gasteiger partial charge is 0.392 e. The van der Waals surface area contributed by atoms with Crippen molar-refractivity contribution in [3.63, 3.8) is 0 Å². The molecule has 0 bridgehead atoms. The molecule has 0 saturated heterocycles. The second-order valence-corrected chi connectivity index (χ2v) is 3.91. The maximum absolute atomic E-state index is 11.3. The van der Waals surface area contributed by atoms with Crippen LogP contribution in [0.4, 0.5) is 0 Å². The number of primary amides is 1. The molecule has 0 aliphatic rings. The lowest BCUT2D eigenvalue weighted by Gasteiger charge is -2.03. The fourth-order valence-electron chi connectivity index (χ4n) is 1.24. The SMILES string of the molecule is CC(O)CNC(=O)/C=C/c1ccc(C(N)=O)cc1. The molecular weight excluding hydrogens is 232 g/mol. The predicted octanol–water partition coefficient (Wildman–Crippen LogP) is 0.296. The van der Waals surface area contributed by atoms with Crippen molar-refractivity contribution in [3.8, 4) is 0 Å². The normalized spacial score (nSPS) is 12.3. The summed E-state index contributed by atoms with van der Waals surface area (Å²) in [6.45, 7) is 1.80. The van der Waals surface area contributed by atoms with Crippen molar-refractivity contribution in [1.82, 2.24) is 5.32 Å². The minimum Gasteiger partial charge on any atom is -0.392 e. The van der Waals surface area contributed by atoms with Gasteiger partial charge < -0.3 is 16.2 Å². The molecule has 1 aromatic rings. The van der Waals surface area contributed by atoms with Gasteiger partial charge in [-0.15, -0.1) is 0 Å². The van der Waals surface area contributed by atoms with Crippen LogP contribution in [0.2, 0.25) is 0 Å². The summed E-state index contributed by atoms with van der Waals surface area (Å²) in [4.78, 5) is 22.2. The Hall–Kier alpha value is -2.14. The molecule has 18 heavy (non-hydrogen) atoms. The highest BCUT2D eigenvalue weighted by Crippen LogP contribution is 2.05. The molecule has 5 nitrogen and oxygen atoms in total. The summed E-state index contributed by atoms with van der Waals surface area (Å²) in [5.74, 6) is -0.768. The Balaban J connectivity index is 2.56. The molecule has 0 fully saturated rings. The molecule has 1 atom stereocenters. The summed E-state index contributed by atoms with van der Waals surface area (Å²) in [7, 11) is 0. The minimum atomic E-state index is -0.572. The molecule has 0 heterocycles. The van der Waals surface area contributed by atoms with Crippen molar-refractivity contribution >= 4 is 17.9 Å². The molecule has 0 spiro atoms. The number of carbonyl (C=O) groups is 2. The number of nitrogens with two attached hydrogens (primary N) is 1. The van der Waals surface area contributed by atoms with Crippen LogP contribution < -0.4 is 11.1 Å². The highest BCUT2D eigenvalue weighted by Gasteiger charge is 2.00. The van der Waals surface area contributed by atoms with Gasteiger partial charge in [-0.1, -0.05) is 12.1 Å². The molecule has 5 heteroatoms. The van der Waals surface area contributed by atoms with Crippen LogP contribution in [-0.2, 0) is 4.79 Å². The average molecular weight is 248 g/mol. The first kappa shape index (κ1) is 13.9. The average Bonchev–Trinajstić information content (AvgIpc) is 2.34. The van der Waals surface area contributed by atoms with E-state index in [1.54, 1.807) is 37.3 Å². The Labute approximate surface area is 105 Å². The Morgan fingerprint density at radius 1 is 1.39 bits per heavy atom. The summed E-state index contributed by atoms with van der Waals surface area (Å²) in [6, 6.07) is 6.57. The van der Waals surface area contributed by atoms with Crippen molar-refractivity contribution in [1.29, 1.82) is 0 Å². The molecule has 96 valence electrons. The second kappa shape index (κ2) is 6.56. The van der Waals surface area contributed by atoms with Crippen molar-refractivity contribution in [2.45, 2.75) is 13.0 Å². The number of amides is 2. The van der Waals surface area contributed by atoms with E-state index in [0.717, 1.165) is 5.56 Å². The number of carbonyl (C=O) groups excluding carboxylic acids is 2. The monoisotopic (exact) mass is 248 g/mol. The van der Waals surface area contributed by atoms with Gasteiger partial charge in [0.1, 0.15) is 0 Å².